The number of carbonyl (C=O) groups excluding carboxylic acids is 1. The van der Waals surface area contributed by atoms with E-state index in [2.05, 4.69) is 5.32 Å². The number of carboxylic acids is 1. The smallest absolute Gasteiger partial charge is 0.306 e. The molecule has 1 amide bonds. The molecule has 18 heavy (non-hydrogen) atoms. The molecule has 1 unspecified atom stereocenters. The number of fused-ring (bicyclic) bond motifs is 2. The van der Waals surface area contributed by atoms with Gasteiger partial charge in [0, 0.05) is 12.0 Å². The number of carboxylic acid groups (broad SMARTS) is 1. The summed E-state index contributed by atoms with van der Waals surface area (Å²) >= 11 is 0. The third kappa shape index (κ3) is 1.38. The van der Waals surface area contributed by atoms with Gasteiger partial charge < -0.3 is 10.4 Å². The summed E-state index contributed by atoms with van der Waals surface area (Å²) in [6, 6.07) is 0.141. The Morgan fingerprint density at radius 3 is 2.28 bits per heavy atom. The van der Waals surface area contributed by atoms with E-state index in [4.69, 9.17) is 5.11 Å². The second kappa shape index (κ2) is 3.49. The molecule has 2 N–H and O–H groups in total. The Balaban J connectivity index is 1.35. The van der Waals surface area contributed by atoms with Gasteiger partial charge in [0.1, 0.15) is 0 Å². The molecule has 4 heteroatoms. The van der Waals surface area contributed by atoms with Crippen LogP contribution in [0.3, 0.4) is 0 Å². The monoisotopic (exact) mass is 249 g/mol. The van der Waals surface area contributed by atoms with Gasteiger partial charge in [0.25, 0.3) is 0 Å². The molecule has 0 radical (unpaired) electrons. The summed E-state index contributed by atoms with van der Waals surface area (Å²) < 4.78 is 0. The molecular weight excluding hydrogens is 230 g/mol. The van der Waals surface area contributed by atoms with E-state index >= 15 is 0 Å². The standard InChI is InChI=1S/C14H19NO3/c16-13(10-3-6-1-2-7(6)10)15-12-5-11(14(17)18)8-4-9(8)12/h6-12H,1-5H2,(H,15,16)(H,17,18)/t6-,7-,8+,9-,10?,11+,12-/m0/s1. The molecule has 0 heterocycles. The minimum atomic E-state index is -0.679. The predicted octanol–water partition coefficient (Wildman–Crippen LogP) is 1.26. The van der Waals surface area contributed by atoms with Crippen LogP contribution in [0.1, 0.15) is 32.1 Å². The van der Waals surface area contributed by atoms with E-state index in [-0.39, 0.29) is 23.8 Å². The van der Waals surface area contributed by atoms with Crippen LogP contribution in [0.2, 0.25) is 0 Å². The zero-order valence-corrected chi connectivity index (χ0v) is 10.3. The maximum absolute atomic E-state index is 12.2. The molecule has 7 atom stereocenters. The third-order valence-electron chi connectivity index (χ3n) is 5.96. The molecule has 4 rings (SSSR count). The topological polar surface area (TPSA) is 66.4 Å². The van der Waals surface area contributed by atoms with Gasteiger partial charge in [-0.25, -0.2) is 0 Å². The van der Waals surface area contributed by atoms with Gasteiger partial charge in [-0.15, -0.1) is 0 Å². The molecule has 0 aliphatic heterocycles. The van der Waals surface area contributed by atoms with Gasteiger partial charge in [-0.3, -0.25) is 9.59 Å². The number of rotatable bonds is 3. The molecule has 4 aliphatic rings. The summed E-state index contributed by atoms with van der Waals surface area (Å²) in [5, 5.41) is 12.2. The van der Waals surface area contributed by atoms with E-state index in [0.29, 0.717) is 24.2 Å². The van der Waals surface area contributed by atoms with Crippen molar-refractivity contribution in [1.29, 1.82) is 0 Å². The summed E-state index contributed by atoms with van der Waals surface area (Å²) in [4.78, 5) is 23.2. The van der Waals surface area contributed by atoms with Crippen molar-refractivity contribution in [1.82, 2.24) is 5.32 Å². The molecule has 98 valence electrons. The van der Waals surface area contributed by atoms with Gasteiger partial charge in [0.2, 0.25) is 5.91 Å². The van der Waals surface area contributed by atoms with Crippen LogP contribution in [-0.2, 0) is 9.59 Å². The van der Waals surface area contributed by atoms with Crippen LogP contribution in [0.25, 0.3) is 0 Å². The van der Waals surface area contributed by atoms with Crippen LogP contribution in [-0.4, -0.2) is 23.0 Å². The maximum atomic E-state index is 12.2. The predicted molar refractivity (Wildman–Crippen MR) is 63.6 cm³/mol. The first kappa shape index (κ1) is 10.8. The molecule has 4 saturated carbocycles. The largest absolute Gasteiger partial charge is 0.481 e. The highest BCUT2D eigenvalue weighted by Crippen LogP contribution is 2.57. The van der Waals surface area contributed by atoms with E-state index in [1.54, 1.807) is 0 Å². The van der Waals surface area contributed by atoms with E-state index in [1.165, 1.54) is 12.8 Å². The minimum Gasteiger partial charge on any atom is -0.481 e. The molecule has 0 aromatic rings. The van der Waals surface area contributed by atoms with Crippen molar-refractivity contribution in [2.75, 3.05) is 0 Å². The van der Waals surface area contributed by atoms with Gasteiger partial charge in [-0.1, -0.05) is 0 Å². The minimum absolute atomic E-state index is 0.141. The highest BCUT2D eigenvalue weighted by atomic mass is 16.4. The van der Waals surface area contributed by atoms with Crippen molar-refractivity contribution in [2.45, 2.75) is 38.1 Å². The fraction of sp³-hybridized carbons (Fsp3) is 0.857. The second-order valence-electron chi connectivity index (χ2n) is 6.70. The molecule has 0 aromatic heterocycles. The molecule has 0 spiro atoms. The van der Waals surface area contributed by atoms with Crippen molar-refractivity contribution in [2.24, 2.45) is 35.5 Å². The first-order valence-corrected chi connectivity index (χ1v) is 7.18. The molecule has 0 aromatic carbocycles. The summed E-state index contributed by atoms with van der Waals surface area (Å²) in [7, 11) is 0. The third-order valence-corrected chi connectivity index (χ3v) is 5.96. The molecule has 4 fully saturated rings. The van der Waals surface area contributed by atoms with Gasteiger partial charge in [0.15, 0.2) is 0 Å². The second-order valence-corrected chi connectivity index (χ2v) is 6.70. The first-order valence-electron chi connectivity index (χ1n) is 7.18. The Labute approximate surface area is 106 Å². The average Bonchev–Trinajstić information content (AvgIpc) is 3.00. The zero-order valence-electron chi connectivity index (χ0n) is 10.3. The molecule has 4 aliphatic carbocycles. The van der Waals surface area contributed by atoms with Gasteiger partial charge in [0.05, 0.1) is 5.92 Å². The van der Waals surface area contributed by atoms with Crippen LogP contribution >= 0.6 is 0 Å². The lowest BCUT2D eigenvalue weighted by molar-refractivity contribution is -0.143. The SMILES string of the molecule is O=C(N[C@H]1C[C@@H](C(=O)O)[C@@H]2C[C@@H]21)C1C[C@@H]2CC[C@H]12. The van der Waals surface area contributed by atoms with Crippen molar-refractivity contribution in [3.63, 3.8) is 0 Å². The molecule has 0 bridgehead atoms. The molecule has 0 saturated heterocycles. The fourth-order valence-corrected chi connectivity index (χ4v) is 4.55. The molecular formula is C14H19NO3. The van der Waals surface area contributed by atoms with Gasteiger partial charge in [-0.05, 0) is 55.8 Å². The van der Waals surface area contributed by atoms with Gasteiger partial charge >= 0.3 is 5.97 Å². The normalized spacial score (nSPS) is 51.4. The van der Waals surface area contributed by atoms with Crippen LogP contribution < -0.4 is 5.32 Å². The van der Waals surface area contributed by atoms with Crippen LogP contribution in [0.4, 0.5) is 0 Å². The Hall–Kier alpha value is -1.06. The Bertz CT molecular complexity index is 421. The Kier molecular flexibility index (Phi) is 2.10. The lowest BCUT2D eigenvalue weighted by atomic mass is 9.53. The van der Waals surface area contributed by atoms with E-state index in [0.717, 1.165) is 18.8 Å². The van der Waals surface area contributed by atoms with E-state index in [1.807, 2.05) is 0 Å². The number of amides is 1. The lowest BCUT2D eigenvalue weighted by Crippen LogP contribution is -2.53. The number of carbonyl (C=O) groups is 2. The van der Waals surface area contributed by atoms with Crippen LogP contribution in [0.5, 0.6) is 0 Å². The highest BCUT2D eigenvalue weighted by Gasteiger charge is 2.58. The Morgan fingerprint density at radius 2 is 1.78 bits per heavy atom. The number of hydrogen-bond acceptors (Lipinski definition) is 2. The summed E-state index contributed by atoms with van der Waals surface area (Å²) in [5.74, 6) is 1.82. The fourth-order valence-electron chi connectivity index (χ4n) is 4.55. The van der Waals surface area contributed by atoms with Gasteiger partial charge in [-0.2, -0.15) is 0 Å². The number of nitrogens with one attached hydrogen (secondary N) is 1. The van der Waals surface area contributed by atoms with E-state index < -0.39 is 5.97 Å². The quantitative estimate of drug-likeness (QED) is 0.791. The van der Waals surface area contributed by atoms with E-state index in [9.17, 15) is 9.59 Å². The van der Waals surface area contributed by atoms with Crippen molar-refractivity contribution < 1.29 is 14.7 Å². The summed E-state index contributed by atoms with van der Waals surface area (Å²) in [5.41, 5.74) is 0. The first-order chi connectivity index (χ1) is 8.65. The Morgan fingerprint density at radius 1 is 0.944 bits per heavy atom. The van der Waals surface area contributed by atoms with Crippen molar-refractivity contribution in [3.8, 4) is 0 Å². The zero-order chi connectivity index (χ0) is 12.4. The number of aliphatic carboxylic acids is 1. The number of hydrogen-bond donors (Lipinski definition) is 2. The maximum Gasteiger partial charge on any atom is 0.306 e. The molecule has 4 nitrogen and oxygen atoms in total. The highest BCUT2D eigenvalue weighted by molar-refractivity contribution is 5.81. The van der Waals surface area contributed by atoms with Crippen molar-refractivity contribution >= 4 is 11.9 Å². The van der Waals surface area contributed by atoms with Crippen molar-refractivity contribution in [3.05, 3.63) is 0 Å². The summed E-state index contributed by atoms with van der Waals surface area (Å²) in [6.45, 7) is 0. The lowest BCUT2D eigenvalue weighted by Gasteiger charge is -2.52. The summed E-state index contributed by atoms with van der Waals surface area (Å²) in [6.07, 6.45) is 5.25. The van der Waals surface area contributed by atoms with Crippen LogP contribution in [0.15, 0.2) is 0 Å². The van der Waals surface area contributed by atoms with Crippen LogP contribution in [0, 0.1) is 35.5 Å². The average molecular weight is 249 g/mol.